The van der Waals surface area contributed by atoms with Gasteiger partial charge in [0.25, 0.3) is 0 Å². The molecule has 0 spiro atoms. The highest BCUT2D eigenvalue weighted by Crippen LogP contribution is 2.22. The standard InChI is InChI=1S/C19H29N3O4/c1-19(2,3)26-18(24)20-9-8-17(23)22-12-10-21(11-13-22)15-6-5-7-16(14-15)25-4/h5-7,14H,8-13H2,1-4H3,(H,20,24). The van der Waals surface area contributed by atoms with E-state index < -0.39 is 11.7 Å². The number of benzene rings is 1. The zero-order valence-corrected chi connectivity index (χ0v) is 16.1. The molecule has 0 saturated carbocycles. The Balaban J connectivity index is 1.73. The van der Waals surface area contributed by atoms with Crippen molar-refractivity contribution in [3.63, 3.8) is 0 Å². The number of anilines is 1. The second-order valence-electron chi connectivity index (χ2n) is 7.25. The molecule has 1 saturated heterocycles. The van der Waals surface area contributed by atoms with Crippen LogP contribution >= 0.6 is 0 Å². The monoisotopic (exact) mass is 363 g/mol. The Bertz CT molecular complexity index is 619. The summed E-state index contributed by atoms with van der Waals surface area (Å²) in [4.78, 5) is 28.0. The van der Waals surface area contributed by atoms with Crippen molar-refractivity contribution < 1.29 is 19.1 Å². The molecule has 1 heterocycles. The average Bonchev–Trinajstić information content (AvgIpc) is 2.60. The molecular formula is C19H29N3O4. The molecule has 0 aromatic heterocycles. The molecule has 1 N–H and O–H groups in total. The number of carbonyl (C=O) groups excluding carboxylic acids is 2. The van der Waals surface area contributed by atoms with Crippen LogP contribution in [-0.4, -0.2) is 62.3 Å². The number of rotatable bonds is 5. The van der Waals surface area contributed by atoms with Gasteiger partial charge in [0.15, 0.2) is 0 Å². The van der Waals surface area contributed by atoms with Gasteiger partial charge in [-0.2, -0.15) is 0 Å². The molecule has 26 heavy (non-hydrogen) atoms. The number of alkyl carbamates (subject to hydrolysis) is 1. The lowest BCUT2D eigenvalue weighted by Gasteiger charge is -2.36. The van der Waals surface area contributed by atoms with Gasteiger partial charge in [-0.3, -0.25) is 4.79 Å². The van der Waals surface area contributed by atoms with E-state index in [1.165, 1.54) is 0 Å². The first-order valence-corrected chi connectivity index (χ1v) is 8.92. The Hall–Kier alpha value is -2.44. The lowest BCUT2D eigenvalue weighted by atomic mass is 10.2. The minimum absolute atomic E-state index is 0.0475. The van der Waals surface area contributed by atoms with Gasteiger partial charge in [0.05, 0.1) is 7.11 Å². The van der Waals surface area contributed by atoms with Gasteiger partial charge in [0, 0.05) is 50.9 Å². The van der Waals surface area contributed by atoms with Crippen molar-refractivity contribution in [2.45, 2.75) is 32.8 Å². The van der Waals surface area contributed by atoms with Crippen molar-refractivity contribution in [1.29, 1.82) is 0 Å². The van der Waals surface area contributed by atoms with Crippen LogP contribution in [0, 0.1) is 0 Å². The minimum atomic E-state index is -0.537. The fourth-order valence-corrected chi connectivity index (χ4v) is 2.77. The van der Waals surface area contributed by atoms with Crippen LogP contribution in [0.1, 0.15) is 27.2 Å². The maximum Gasteiger partial charge on any atom is 0.407 e. The molecule has 144 valence electrons. The largest absolute Gasteiger partial charge is 0.497 e. The molecule has 0 unspecified atom stereocenters. The number of nitrogens with zero attached hydrogens (tertiary/aromatic N) is 2. The van der Waals surface area contributed by atoms with Crippen molar-refractivity contribution in [3.8, 4) is 5.75 Å². The summed E-state index contributed by atoms with van der Waals surface area (Å²) in [5, 5.41) is 2.62. The summed E-state index contributed by atoms with van der Waals surface area (Å²) >= 11 is 0. The van der Waals surface area contributed by atoms with E-state index in [4.69, 9.17) is 9.47 Å². The van der Waals surface area contributed by atoms with Crippen LogP contribution in [0.2, 0.25) is 0 Å². The smallest absolute Gasteiger partial charge is 0.407 e. The minimum Gasteiger partial charge on any atom is -0.497 e. The van der Waals surface area contributed by atoms with Crippen LogP contribution in [0.15, 0.2) is 24.3 Å². The molecule has 1 aliphatic rings. The number of nitrogens with one attached hydrogen (secondary N) is 1. The van der Waals surface area contributed by atoms with Crippen molar-refractivity contribution in [2.75, 3.05) is 44.7 Å². The highest BCUT2D eigenvalue weighted by molar-refractivity contribution is 5.77. The predicted molar refractivity (Wildman–Crippen MR) is 101 cm³/mol. The number of amides is 2. The summed E-state index contributed by atoms with van der Waals surface area (Å²) < 4.78 is 10.4. The highest BCUT2D eigenvalue weighted by Gasteiger charge is 2.22. The third-order valence-electron chi connectivity index (χ3n) is 4.06. The van der Waals surface area contributed by atoms with Gasteiger partial charge < -0.3 is 24.6 Å². The molecule has 1 aromatic carbocycles. The lowest BCUT2D eigenvalue weighted by molar-refractivity contribution is -0.131. The molecule has 7 nitrogen and oxygen atoms in total. The molecule has 1 aromatic rings. The second-order valence-corrected chi connectivity index (χ2v) is 7.25. The van der Waals surface area contributed by atoms with Crippen LogP contribution in [-0.2, 0) is 9.53 Å². The van der Waals surface area contributed by atoms with Gasteiger partial charge in [-0.25, -0.2) is 4.79 Å². The molecule has 0 atom stereocenters. The summed E-state index contributed by atoms with van der Waals surface area (Å²) in [5.74, 6) is 0.876. The molecule has 0 aliphatic carbocycles. The Kier molecular flexibility index (Phi) is 6.71. The van der Waals surface area contributed by atoms with E-state index in [2.05, 4.69) is 10.2 Å². The number of hydrogen-bond acceptors (Lipinski definition) is 5. The van der Waals surface area contributed by atoms with Gasteiger partial charge in [-0.15, -0.1) is 0 Å². The second kappa shape index (κ2) is 8.78. The third-order valence-corrected chi connectivity index (χ3v) is 4.06. The molecule has 1 aliphatic heterocycles. The molecular weight excluding hydrogens is 334 g/mol. The normalized spacial score (nSPS) is 14.8. The van der Waals surface area contributed by atoms with E-state index >= 15 is 0 Å². The molecule has 2 amide bonds. The fraction of sp³-hybridized carbons (Fsp3) is 0.579. The number of ether oxygens (including phenoxy) is 2. The van der Waals surface area contributed by atoms with Crippen molar-refractivity contribution in [3.05, 3.63) is 24.3 Å². The zero-order valence-electron chi connectivity index (χ0n) is 16.1. The number of carbonyl (C=O) groups is 2. The summed E-state index contributed by atoms with van der Waals surface area (Å²) in [6, 6.07) is 7.93. The predicted octanol–water partition coefficient (Wildman–Crippen LogP) is 2.26. The maximum absolute atomic E-state index is 12.3. The maximum atomic E-state index is 12.3. The van der Waals surface area contributed by atoms with Crippen LogP contribution in [0.5, 0.6) is 5.75 Å². The summed E-state index contributed by atoms with van der Waals surface area (Å²) in [6.45, 7) is 8.59. The number of piperazine rings is 1. The third kappa shape index (κ3) is 6.13. The quantitative estimate of drug-likeness (QED) is 0.869. The van der Waals surface area contributed by atoms with E-state index in [0.29, 0.717) is 13.1 Å². The number of methoxy groups -OCH3 is 1. The molecule has 0 radical (unpaired) electrons. The van der Waals surface area contributed by atoms with Gasteiger partial charge in [-0.05, 0) is 32.9 Å². The Morgan fingerprint density at radius 2 is 1.85 bits per heavy atom. The van der Waals surface area contributed by atoms with Crippen molar-refractivity contribution in [2.24, 2.45) is 0 Å². The van der Waals surface area contributed by atoms with Gasteiger partial charge in [-0.1, -0.05) is 6.07 Å². The topological polar surface area (TPSA) is 71.1 Å². The Morgan fingerprint density at radius 3 is 2.46 bits per heavy atom. The van der Waals surface area contributed by atoms with Crippen molar-refractivity contribution >= 4 is 17.7 Å². The highest BCUT2D eigenvalue weighted by atomic mass is 16.6. The first-order valence-electron chi connectivity index (χ1n) is 8.92. The van der Waals surface area contributed by atoms with Gasteiger partial charge in [0.2, 0.25) is 5.91 Å². The van der Waals surface area contributed by atoms with Gasteiger partial charge >= 0.3 is 6.09 Å². The Labute approximate surface area is 155 Å². The van der Waals surface area contributed by atoms with Crippen LogP contribution < -0.4 is 15.0 Å². The molecule has 0 bridgehead atoms. The Morgan fingerprint density at radius 1 is 1.15 bits per heavy atom. The average molecular weight is 363 g/mol. The van der Waals surface area contributed by atoms with E-state index in [0.717, 1.165) is 24.5 Å². The van der Waals surface area contributed by atoms with E-state index in [9.17, 15) is 9.59 Å². The first-order chi connectivity index (χ1) is 12.3. The number of hydrogen-bond donors (Lipinski definition) is 1. The SMILES string of the molecule is COc1cccc(N2CCN(C(=O)CCNC(=O)OC(C)(C)C)CC2)c1. The van der Waals surface area contributed by atoms with Crippen LogP contribution in [0.3, 0.4) is 0 Å². The summed E-state index contributed by atoms with van der Waals surface area (Å²) in [5.41, 5.74) is 0.563. The van der Waals surface area contributed by atoms with Crippen LogP contribution in [0.25, 0.3) is 0 Å². The van der Waals surface area contributed by atoms with E-state index in [1.54, 1.807) is 27.9 Å². The molecule has 2 rings (SSSR count). The first kappa shape index (κ1) is 19.9. The van der Waals surface area contributed by atoms with Crippen molar-refractivity contribution in [1.82, 2.24) is 10.2 Å². The van der Waals surface area contributed by atoms with Gasteiger partial charge in [0.1, 0.15) is 11.4 Å². The molecule has 7 heteroatoms. The van der Waals surface area contributed by atoms with E-state index in [1.807, 2.05) is 29.2 Å². The lowest BCUT2D eigenvalue weighted by Crippen LogP contribution is -2.49. The fourth-order valence-electron chi connectivity index (χ4n) is 2.77. The van der Waals surface area contributed by atoms with Crippen LogP contribution in [0.4, 0.5) is 10.5 Å². The summed E-state index contributed by atoms with van der Waals surface area (Å²) in [7, 11) is 1.65. The molecule has 1 fully saturated rings. The summed E-state index contributed by atoms with van der Waals surface area (Å²) in [6.07, 6.45) is -0.216. The zero-order chi connectivity index (χ0) is 19.2. The van der Waals surface area contributed by atoms with E-state index in [-0.39, 0.29) is 18.9 Å².